The number of hydrogen-bond acceptors (Lipinski definition) is 3. The van der Waals surface area contributed by atoms with E-state index in [0.29, 0.717) is 24.5 Å². The highest BCUT2D eigenvalue weighted by Crippen LogP contribution is 2.23. The molecule has 0 spiro atoms. The first-order valence-corrected chi connectivity index (χ1v) is 9.25. The van der Waals surface area contributed by atoms with Gasteiger partial charge in [-0.3, -0.25) is 10.2 Å². The second-order valence-corrected chi connectivity index (χ2v) is 5.93. The van der Waals surface area contributed by atoms with E-state index in [2.05, 4.69) is 23.1 Å². The molecule has 0 fully saturated rings. The second-order valence-electron chi connectivity index (χ2n) is 5.93. The van der Waals surface area contributed by atoms with Crippen molar-refractivity contribution in [1.82, 2.24) is 10.9 Å². The van der Waals surface area contributed by atoms with Crippen LogP contribution in [-0.4, -0.2) is 18.5 Å². The summed E-state index contributed by atoms with van der Waals surface area (Å²) in [4.78, 5) is 23.6. The zero-order valence-electron chi connectivity index (χ0n) is 15.4. The van der Waals surface area contributed by atoms with Gasteiger partial charge in [0.05, 0.1) is 12.3 Å². The van der Waals surface area contributed by atoms with Gasteiger partial charge in [0.25, 0.3) is 0 Å². The third kappa shape index (κ3) is 9.59. The Morgan fingerprint density at radius 1 is 0.920 bits per heavy atom. The molecule has 3 N–H and O–H groups in total. The Kier molecular flexibility index (Phi) is 10.9. The molecule has 0 aliphatic heterocycles. The summed E-state index contributed by atoms with van der Waals surface area (Å²) in [6.07, 6.45) is 8.50. The first-order valence-electron chi connectivity index (χ1n) is 9.25. The molecule has 3 amide bonds. The summed E-state index contributed by atoms with van der Waals surface area (Å²) in [5.41, 5.74) is 5.35. The molecule has 0 radical (unpaired) electrons. The molecule has 0 saturated carbocycles. The number of carbonyl (C=O) groups excluding carboxylic acids is 2. The van der Waals surface area contributed by atoms with Crippen molar-refractivity contribution < 1.29 is 14.3 Å². The first-order chi connectivity index (χ1) is 12.2. The van der Waals surface area contributed by atoms with E-state index in [4.69, 9.17) is 4.74 Å². The second kappa shape index (κ2) is 13.1. The van der Waals surface area contributed by atoms with Gasteiger partial charge in [0.2, 0.25) is 5.91 Å². The summed E-state index contributed by atoms with van der Waals surface area (Å²) >= 11 is 0. The highest BCUT2D eigenvalue weighted by Gasteiger charge is 2.08. The van der Waals surface area contributed by atoms with Crippen LogP contribution in [0.5, 0.6) is 5.75 Å². The fraction of sp³-hybridized carbons (Fsp3) is 0.579. The van der Waals surface area contributed by atoms with Crippen molar-refractivity contribution in [3.05, 3.63) is 24.3 Å². The molecule has 0 aliphatic carbocycles. The lowest BCUT2D eigenvalue weighted by atomic mass is 10.1. The molecule has 1 aromatic carbocycles. The topological polar surface area (TPSA) is 79.5 Å². The predicted molar refractivity (Wildman–Crippen MR) is 101 cm³/mol. The van der Waals surface area contributed by atoms with Gasteiger partial charge in [-0.1, -0.05) is 57.6 Å². The average Bonchev–Trinajstić information content (AvgIpc) is 2.61. The van der Waals surface area contributed by atoms with Crippen LogP contribution in [-0.2, 0) is 4.79 Å². The van der Waals surface area contributed by atoms with E-state index in [9.17, 15) is 9.59 Å². The zero-order valence-corrected chi connectivity index (χ0v) is 15.4. The normalized spacial score (nSPS) is 10.2. The van der Waals surface area contributed by atoms with E-state index in [-0.39, 0.29) is 5.91 Å². The largest absolute Gasteiger partial charge is 0.492 e. The lowest BCUT2D eigenvalue weighted by molar-refractivity contribution is -0.121. The maximum atomic E-state index is 11.9. The maximum absolute atomic E-state index is 11.9. The van der Waals surface area contributed by atoms with E-state index in [1.54, 1.807) is 18.2 Å². The van der Waals surface area contributed by atoms with Crippen LogP contribution in [0.1, 0.15) is 65.2 Å². The standard InChI is InChI=1S/C19H31N3O3/c1-3-5-6-7-8-9-10-15-18(23)21-22-19(24)20-16-13-11-12-14-17(16)25-4-2/h11-14H,3-10,15H2,1-2H3,(H,21,23)(H2,20,22,24). The van der Waals surface area contributed by atoms with E-state index in [1.807, 2.05) is 13.0 Å². The summed E-state index contributed by atoms with van der Waals surface area (Å²) in [6.45, 7) is 4.58. The number of benzene rings is 1. The number of rotatable bonds is 11. The number of anilines is 1. The van der Waals surface area contributed by atoms with Gasteiger partial charge in [-0.2, -0.15) is 0 Å². The Hall–Kier alpha value is -2.24. The number of nitrogens with one attached hydrogen (secondary N) is 3. The molecule has 0 aliphatic rings. The van der Waals surface area contributed by atoms with Gasteiger partial charge in [-0.15, -0.1) is 0 Å². The number of carbonyl (C=O) groups is 2. The molecular formula is C19H31N3O3. The number of unbranched alkanes of at least 4 members (excludes halogenated alkanes) is 6. The quantitative estimate of drug-likeness (QED) is 0.410. The molecule has 0 aromatic heterocycles. The summed E-state index contributed by atoms with van der Waals surface area (Å²) in [6, 6.07) is 6.65. The van der Waals surface area contributed by atoms with Crippen LogP contribution in [0.25, 0.3) is 0 Å². The van der Waals surface area contributed by atoms with Gasteiger partial charge in [0.1, 0.15) is 5.75 Å². The van der Waals surface area contributed by atoms with Crippen molar-refractivity contribution in [2.45, 2.75) is 65.2 Å². The third-order valence-electron chi connectivity index (χ3n) is 3.76. The minimum Gasteiger partial charge on any atom is -0.492 e. The van der Waals surface area contributed by atoms with Crippen molar-refractivity contribution in [1.29, 1.82) is 0 Å². The Morgan fingerprint density at radius 2 is 1.60 bits per heavy atom. The van der Waals surface area contributed by atoms with Crippen molar-refractivity contribution in [3.8, 4) is 5.75 Å². The average molecular weight is 349 g/mol. The third-order valence-corrected chi connectivity index (χ3v) is 3.76. The lowest BCUT2D eigenvalue weighted by Crippen LogP contribution is -2.43. The highest BCUT2D eigenvalue weighted by atomic mass is 16.5. The van der Waals surface area contributed by atoms with Crippen LogP contribution in [0, 0.1) is 0 Å². The predicted octanol–water partition coefficient (Wildman–Crippen LogP) is 4.38. The van der Waals surface area contributed by atoms with Crippen LogP contribution in [0.3, 0.4) is 0 Å². The number of hydrogen-bond donors (Lipinski definition) is 3. The van der Waals surface area contributed by atoms with Crippen molar-refractivity contribution in [2.75, 3.05) is 11.9 Å². The van der Waals surface area contributed by atoms with Crippen LogP contribution < -0.4 is 20.9 Å². The van der Waals surface area contributed by atoms with E-state index in [0.717, 1.165) is 19.3 Å². The van der Waals surface area contributed by atoms with Gasteiger partial charge in [0.15, 0.2) is 0 Å². The summed E-state index contributed by atoms with van der Waals surface area (Å²) in [5, 5.41) is 2.66. The summed E-state index contributed by atoms with van der Waals surface area (Å²) in [5.74, 6) is 0.413. The zero-order chi connectivity index (χ0) is 18.3. The van der Waals surface area contributed by atoms with E-state index >= 15 is 0 Å². The van der Waals surface area contributed by atoms with Crippen LogP contribution >= 0.6 is 0 Å². The molecule has 0 saturated heterocycles. The molecule has 0 bridgehead atoms. The van der Waals surface area contributed by atoms with Gasteiger partial charge in [0, 0.05) is 6.42 Å². The van der Waals surface area contributed by atoms with Gasteiger partial charge in [-0.25, -0.2) is 10.2 Å². The van der Waals surface area contributed by atoms with Crippen molar-refractivity contribution >= 4 is 17.6 Å². The minimum atomic E-state index is -0.500. The fourth-order valence-electron chi connectivity index (χ4n) is 2.44. The molecule has 0 heterocycles. The molecule has 6 nitrogen and oxygen atoms in total. The first kappa shape index (κ1) is 20.8. The molecule has 0 unspecified atom stereocenters. The Bertz CT molecular complexity index is 520. The Balaban J connectivity index is 2.18. The van der Waals surface area contributed by atoms with Gasteiger partial charge in [-0.05, 0) is 25.5 Å². The molecule has 1 rings (SSSR count). The fourth-order valence-corrected chi connectivity index (χ4v) is 2.44. The van der Waals surface area contributed by atoms with Crippen molar-refractivity contribution in [2.24, 2.45) is 0 Å². The van der Waals surface area contributed by atoms with Gasteiger partial charge < -0.3 is 10.1 Å². The van der Waals surface area contributed by atoms with Crippen molar-refractivity contribution in [3.63, 3.8) is 0 Å². The van der Waals surface area contributed by atoms with E-state index in [1.165, 1.54) is 25.7 Å². The summed E-state index contributed by atoms with van der Waals surface area (Å²) in [7, 11) is 0. The Morgan fingerprint density at radius 3 is 2.32 bits per heavy atom. The molecular weight excluding hydrogens is 318 g/mol. The van der Waals surface area contributed by atoms with Gasteiger partial charge >= 0.3 is 6.03 Å². The molecule has 6 heteroatoms. The molecule has 25 heavy (non-hydrogen) atoms. The van der Waals surface area contributed by atoms with Crippen LogP contribution in [0.2, 0.25) is 0 Å². The molecule has 1 aromatic rings. The maximum Gasteiger partial charge on any atom is 0.338 e. The number of ether oxygens (including phenoxy) is 1. The monoisotopic (exact) mass is 349 g/mol. The summed E-state index contributed by atoms with van der Waals surface area (Å²) < 4.78 is 5.43. The number of hydrazine groups is 1. The SMILES string of the molecule is CCCCCCCCCC(=O)NNC(=O)Nc1ccccc1OCC. The minimum absolute atomic E-state index is 0.179. The molecule has 140 valence electrons. The lowest BCUT2D eigenvalue weighted by Gasteiger charge is -2.12. The number of amides is 3. The highest BCUT2D eigenvalue weighted by molar-refractivity contribution is 5.92. The number of para-hydroxylation sites is 2. The smallest absolute Gasteiger partial charge is 0.338 e. The van der Waals surface area contributed by atoms with Crippen LogP contribution in [0.4, 0.5) is 10.5 Å². The van der Waals surface area contributed by atoms with E-state index < -0.39 is 6.03 Å². The molecule has 0 atom stereocenters. The Labute approximate surface area is 150 Å². The number of urea groups is 1. The van der Waals surface area contributed by atoms with Crippen LogP contribution in [0.15, 0.2) is 24.3 Å².